The molecular formula is C32H30F2N6O4. The van der Waals surface area contributed by atoms with Gasteiger partial charge >= 0.3 is 6.09 Å². The highest BCUT2D eigenvalue weighted by Crippen LogP contribution is 2.37. The first kappa shape index (κ1) is 29.2. The molecule has 1 aliphatic carbocycles. The van der Waals surface area contributed by atoms with Crippen molar-refractivity contribution in [1.82, 2.24) is 19.9 Å². The molecule has 4 aromatic rings. The number of anilines is 1. The van der Waals surface area contributed by atoms with Crippen molar-refractivity contribution in [3.8, 4) is 6.07 Å². The van der Waals surface area contributed by atoms with E-state index < -0.39 is 41.8 Å². The second-order valence-corrected chi connectivity index (χ2v) is 11.9. The zero-order valence-corrected chi connectivity index (χ0v) is 24.5. The Hall–Kier alpha value is -4.89. The Labute approximate surface area is 252 Å². The lowest BCUT2D eigenvalue weighted by atomic mass is 9.90. The van der Waals surface area contributed by atoms with Crippen LogP contribution in [0.15, 0.2) is 36.5 Å². The van der Waals surface area contributed by atoms with E-state index in [1.165, 1.54) is 4.90 Å². The van der Waals surface area contributed by atoms with Crippen LogP contribution in [-0.4, -0.2) is 37.5 Å². The van der Waals surface area contributed by atoms with E-state index in [-0.39, 0.29) is 35.9 Å². The first-order valence-electron chi connectivity index (χ1n) is 14.3. The number of halogens is 2. The van der Waals surface area contributed by atoms with Gasteiger partial charge in [-0.25, -0.2) is 18.6 Å². The zero-order valence-electron chi connectivity index (χ0n) is 24.5. The number of fused-ring (bicyclic) bond motifs is 4. The minimum Gasteiger partial charge on any atom is -0.444 e. The van der Waals surface area contributed by atoms with Crippen LogP contribution in [0.5, 0.6) is 0 Å². The average Bonchev–Trinajstić information content (AvgIpc) is 3.63. The molecule has 0 saturated heterocycles. The fraction of sp³-hybridized carbons (Fsp3) is 0.344. The molecule has 1 aliphatic heterocycles. The van der Waals surface area contributed by atoms with Crippen LogP contribution in [0.25, 0.3) is 11.0 Å². The first-order chi connectivity index (χ1) is 21.0. The summed E-state index contributed by atoms with van der Waals surface area (Å²) in [5.74, 6) is -2.07. The number of aromatic amines is 1. The Morgan fingerprint density at radius 2 is 1.95 bits per heavy atom. The predicted octanol–water partition coefficient (Wildman–Crippen LogP) is 6.20. The molecule has 2 N–H and O–H groups in total. The van der Waals surface area contributed by atoms with Gasteiger partial charge in [0.25, 0.3) is 5.91 Å². The third-order valence-corrected chi connectivity index (χ3v) is 7.72. The first-order valence-corrected chi connectivity index (χ1v) is 14.3. The Morgan fingerprint density at radius 1 is 1.20 bits per heavy atom. The number of aromatic nitrogens is 3. The van der Waals surface area contributed by atoms with Crippen molar-refractivity contribution in [2.24, 2.45) is 0 Å². The molecule has 12 heteroatoms. The highest BCUT2D eigenvalue weighted by Gasteiger charge is 2.34. The molecule has 1 aromatic carbocycles. The topological polar surface area (TPSA) is 133 Å². The van der Waals surface area contributed by atoms with Crippen LogP contribution in [0.1, 0.15) is 83.7 Å². The lowest BCUT2D eigenvalue weighted by Crippen LogP contribution is -2.37. The van der Waals surface area contributed by atoms with Crippen LogP contribution < -0.4 is 5.32 Å². The van der Waals surface area contributed by atoms with Gasteiger partial charge in [-0.2, -0.15) is 5.26 Å². The molecule has 0 unspecified atom stereocenters. The van der Waals surface area contributed by atoms with Gasteiger partial charge in [-0.15, -0.1) is 0 Å². The fourth-order valence-electron chi connectivity index (χ4n) is 5.79. The maximum absolute atomic E-state index is 15.1. The van der Waals surface area contributed by atoms with E-state index in [2.05, 4.69) is 20.3 Å². The number of nitrogens with zero attached hydrogens (tertiary/aromatic N) is 4. The molecule has 1 atom stereocenters. The van der Waals surface area contributed by atoms with Gasteiger partial charge in [-0.3, -0.25) is 15.1 Å². The number of hydrogen-bond donors (Lipinski definition) is 2. The zero-order chi connectivity index (χ0) is 31.2. The SMILES string of the molecule is CC(C)(C)OC(=O)Nc1nc2cc(C(=O)N(Cc3c(F)cc(C#N)cc3F)[C@@H]3CCCc4cccnc43)[nH]c2c2c1COC2. The summed E-state index contributed by atoms with van der Waals surface area (Å²) in [7, 11) is 0. The van der Waals surface area contributed by atoms with Crippen LogP contribution >= 0.6 is 0 Å². The van der Waals surface area contributed by atoms with Gasteiger partial charge in [0, 0.05) is 22.9 Å². The molecule has 2 aliphatic rings. The summed E-state index contributed by atoms with van der Waals surface area (Å²) >= 11 is 0. The summed E-state index contributed by atoms with van der Waals surface area (Å²) in [6.45, 7) is 5.31. The lowest BCUT2D eigenvalue weighted by Gasteiger charge is -2.35. The van der Waals surface area contributed by atoms with E-state index in [9.17, 15) is 9.59 Å². The Morgan fingerprint density at radius 3 is 2.68 bits per heavy atom. The second-order valence-electron chi connectivity index (χ2n) is 11.9. The van der Waals surface area contributed by atoms with Crippen molar-refractivity contribution in [3.05, 3.63) is 87.4 Å². The number of hydrogen-bond acceptors (Lipinski definition) is 7. The molecule has 44 heavy (non-hydrogen) atoms. The molecule has 0 spiro atoms. The minimum absolute atomic E-state index is 0.147. The van der Waals surface area contributed by atoms with E-state index in [0.717, 1.165) is 36.1 Å². The molecule has 0 bridgehead atoms. The minimum atomic E-state index is -0.914. The molecule has 6 rings (SSSR count). The summed E-state index contributed by atoms with van der Waals surface area (Å²) in [6, 6.07) is 8.43. The van der Waals surface area contributed by atoms with Crippen molar-refractivity contribution < 1.29 is 27.8 Å². The largest absolute Gasteiger partial charge is 0.444 e. The number of H-pyrrole nitrogens is 1. The molecular weight excluding hydrogens is 570 g/mol. The van der Waals surface area contributed by atoms with Crippen LogP contribution in [-0.2, 0) is 35.7 Å². The van der Waals surface area contributed by atoms with Gasteiger partial charge in [0.1, 0.15) is 28.7 Å². The van der Waals surface area contributed by atoms with E-state index in [1.54, 1.807) is 39.1 Å². The fourth-order valence-corrected chi connectivity index (χ4v) is 5.79. The number of pyridine rings is 2. The third-order valence-electron chi connectivity index (χ3n) is 7.72. The number of nitriles is 1. The Balaban J connectivity index is 1.41. The number of benzene rings is 1. The smallest absolute Gasteiger partial charge is 0.413 e. The predicted molar refractivity (Wildman–Crippen MR) is 155 cm³/mol. The molecule has 10 nitrogen and oxygen atoms in total. The van der Waals surface area contributed by atoms with E-state index in [0.29, 0.717) is 28.7 Å². The van der Waals surface area contributed by atoms with Crippen LogP contribution in [0.4, 0.5) is 19.4 Å². The summed E-state index contributed by atoms with van der Waals surface area (Å²) in [4.78, 5) is 40.6. The molecule has 0 fully saturated rings. The van der Waals surface area contributed by atoms with Crippen LogP contribution in [0.3, 0.4) is 0 Å². The number of nitrogens with one attached hydrogen (secondary N) is 2. The number of ether oxygens (including phenoxy) is 2. The third kappa shape index (κ3) is 5.58. The van der Waals surface area contributed by atoms with Crippen molar-refractivity contribution >= 4 is 28.9 Å². The second kappa shape index (κ2) is 11.3. The van der Waals surface area contributed by atoms with Crippen molar-refractivity contribution in [2.75, 3.05) is 5.32 Å². The van der Waals surface area contributed by atoms with Gasteiger partial charge in [-0.1, -0.05) is 6.07 Å². The monoisotopic (exact) mass is 600 g/mol. The normalized spacial score (nSPS) is 15.8. The molecule has 3 aromatic heterocycles. The van der Waals surface area contributed by atoms with Crippen LogP contribution in [0, 0.1) is 23.0 Å². The standard InChI is InChI=1S/C32H30F2N6O4/c1-32(2,3)44-31(42)39-29-21-16-43-15-20(21)28-24(38-29)12-25(37-28)30(41)40(14-19-22(33)10-17(13-35)11-23(19)34)26-8-4-6-18-7-5-9-36-27(18)26/h5,7,9-12,26,37H,4,6,8,14-16H2,1-3H3,(H,38,39,42)/t26-/m1/s1. The van der Waals surface area contributed by atoms with Gasteiger partial charge < -0.3 is 19.4 Å². The van der Waals surface area contributed by atoms with Crippen molar-refractivity contribution in [1.29, 1.82) is 5.26 Å². The number of carbonyl (C=O) groups is 2. The summed E-state index contributed by atoms with van der Waals surface area (Å²) < 4.78 is 41.3. The Bertz CT molecular complexity index is 1820. The average molecular weight is 601 g/mol. The number of rotatable bonds is 5. The van der Waals surface area contributed by atoms with E-state index in [4.69, 9.17) is 14.7 Å². The van der Waals surface area contributed by atoms with Crippen LogP contribution in [0.2, 0.25) is 0 Å². The maximum atomic E-state index is 15.1. The van der Waals surface area contributed by atoms with Crippen molar-refractivity contribution in [3.63, 3.8) is 0 Å². The molecule has 2 amide bonds. The van der Waals surface area contributed by atoms with Crippen molar-refractivity contribution in [2.45, 2.75) is 71.4 Å². The lowest BCUT2D eigenvalue weighted by molar-refractivity contribution is 0.0618. The maximum Gasteiger partial charge on any atom is 0.413 e. The molecule has 0 radical (unpaired) electrons. The van der Waals surface area contributed by atoms with E-state index >= 15 is 8.78 Å². The number of aryl methyl sites for hydroxylation is 1. The summed E-state index contributed by atoms with van der Waals surface area (Å²) in [5, 5.41) is 11.9. The number of amides is 2. The molecule has 4 heterocycles. The summed E-state index contributed by atoms with van der Waals surface area (Å²) in [6.07, 6.45) is 3.03. The van der Waals surface area contributed by atoms with Gasteiger partial charge in [0.15, 0.2) is 0 Å². The van der Waals surface area contributed by atoms with E-state index in [1.807, 2.05) is 12.1 Å². The van der Waals surface area contributed by atoms with Gasteiger partial charge in [-0.05, 0) is 69.9 Å². The quantitative estimate of drug-likeness (QED) is 0.278. The summed E-state index contributed by atoms with van der Waals surface area (Å²) in [5.41, 5.74) is 2.96. The molecule has 226 valence electrons. The van der Waals surface area contributed by atoms with Gasteiger partial charge in [0.05, 0.1) is 54.2 Å². The number of carbonyl (C=O) groups excluding carboxylic acids is 2. The highest BCUT2D eigenvalue weighted by molar-refractivity contribution is 5.99. The van der Waals surface area contributed by atoms with Gasteiger partial charge in [0.2, 0.25) is 0 Å². The Kier molecular flexibility index (Phi) is 7.51. The highest BCUT2D eigenvalue weighted by atomic mass is 19.1. The molecule has 0 saturated carbocycles.